The number of carbonyl (C=O) groups is 2. The minimum Gasteiger partial charge on any atom is -0.339 e. The molecule has 0 saturated heterocycles. The van der Waals surface area contributed by atoms with E-state index in [1.807, 2.05) is 13.8 Å². The van der Waals surface area contributed by atoms with Crippen molar-refractivity contribution >= 4 is 50.5 Å². The first-order chi connectivity index (χ1) is 12.9. The number of benzene rings is 2. The van der Waals surface area contributed by atoms with Crippen LogP contribution in [-0.2, 0) is 0 Å². The van der Waals surface area contributed by atoms with E-state index in [0.717, 1.165) is 11.3 Å². The molecule has 2 amide bonds. The standard InChI is InChI=1S/C20H18ClFN2O2S/c1-3-24(4-2)20(26)12-5-8-14(9-6-12)23-19(25)18-17(21)15-10-7-13(22)11-16(15)27-18/h5-11H,3-4H2,1-2H3,(H,23,25). The molecule has 0 bridgehead atoms. The molecule has 3 aromatic rings. The van der Waals surface area contributed by atoms with Gasteiger partial charge >= 0.3 is 0 Å². The highest BCUT2D eigenvalue weighted by atomic mass is 35.5. The van der Waals surface area contributed by atoms with Crippen LogP contribution >= 0.6 is 22.9 Å². The van der Waals surface area contributed by atoms with Crippen molar-refractivity contribution in [2.75, 3.05) is 18.4 Å². The van der Waals surface area contributed by atoms with Gasteiger partial charge in [0.1, 0.15) is 10.7 Å². The Morgan fingerprint density at radius 2 is 1.78 bits per heavy atom. The number of rotatable bonds is 5. The van der Waals surface area contributed by atoms with E-state index in [4.69, 9.17) is 11.6 Å². The van der Waals surface area contributed by atoms with Gasteiger partial charge in [-0.15, -0.1) is 11.3 Å². The van der Waals surface area contributed by atoms with Gasteiger partial charge in [-0.1, -0.05) is 11.6 Å². The van der Waals surface area contributed by atoms with E-state index in [9.17, 15) is 14.0 Å². The summed E-state index contributed by atoms with van der Waals surface area (Å²) in [6.07, 6.45) is 0. The smallest absolute Gasteiger partial charge is 0.267 e. The molecule has 0 atom stereocenters. The van der Waals surface area contributed by atoms with Gasteiger partial charge in [-0.2, -0.15) is 0 Å². The molecule has 0 aliphatic rings. The predicted molar refractivity (Wildman–Crippen MR) is 108 cm³/mol. The highest BCUT2D eigenvalue weighted by Gasteiger charge is 2.18. The molecule has 0 aliphatic carbocycles. The molecular formula is C20H18ClFN2O2S. The summed E-state index contributed by atoms with van der Waals surface area (Å²) in [5, 5.41) is 3.72. The molecule has 0 radical (unpaired) electrons. The van der Waals surface area contributed by atoms with Gasteiger partial charge in [0.05, 0.1) is 5.02 Å². The Kier molecular flexibility index (Phi) is 5.77. The predicted octanol–water partition coefficient (Wildman–Crippen LogP) is 5.43. The third kappa shape index (κ3) is 3.96. The van der Waals surface area contributed by atoms with E-state index >= 15 is 0 Å². The summed E-state index contributed by atoms with van der Waals surface area (Å²) in [4.78, 5) is 26.9. The molecule has 0 saturated carbocycles. The van der Waals surface area contributed by atoms with Gasteiger partial charge in [-0.05, 0) is 56.3 Å². The van der Waals surface area contributed by atoms with E-state index in [1.165, 1.54) is 12.1 Å². The van der Waals surface area contributed by atoms with Gasteiger partial charge < -0.3 is 10.2 Å². The quantitative estimate of drug-likeness (QED) is 0.616. The number of thiophene rings is 1. The molecule has 1 aromatic heterocycles. The van der Waals surface area contributed by atoms with Crippen LogP contribution in [0.15, 0.2) is 42.5 Å². The fraction of sp³-hybridized carbons (Fsp3) is 0.200. The van der Waals surface area contributed by atoms with Crippen molar-refractivity contribution in [2.24, 2.45) is 0 Å². The lowest BCUT2D eigenvalue weighted by Gasteiger charge is -2.18. The number of nitrogens with zero attached hydrogens (tertiary/aromatic N) is 1. The summed E-state index contributed by atoms with van der Waals surface area (Å²) in [5.41, 5.74) is 1.11. The molecule has 140 valence electrons. The second-order valence-electron chi connectivity index (χ2n) is 5.89. The SMILES string of the molecule is CCN(CC)C(=O)c1ccc(NC(=O)c2sc3cc(F)ccc3c2Cl)cc1. The normalized spacial score (nSPS) is 10.8. The molecule has 4 nitrogen and oxygen atoms in total. The monoisotopic (exact) mass is 404 g/mol. The molecular weight excluding hydrogens is 387 g/mol. The summed E-state index contributed by atoms with van der Waals surface area (Å²) in [6.45, 7) is 5.13. The minimum atomic E-state index is -0.374. The van der Waals surface area contributed by atoms with Gasteiger partial charge in [0, 0.05) is 34.4 Å². The molecule has 7 heteroatoms. The molecule has 0 unspecified atom stereocenters. The second kappa shape index (κ2) is 8.06. The van der Waals surface area contributed by atoms with Crippen molar-refractivity contribution in [1.29, 1.82) is 0 Å². The van der Waals surface area contributed by atoms with Gasteiger partial charge in [0.15, 0.2) is 0 Å². The Labute approximate surface area is 165 Å². The zero-order valence-electron chi connectivity index (χ0n) is 14.9. The zero-order chi connectivity index (χ0) is 19.6. The van der Waals surface area contributed by atoms with Gasteiger partial charge in [-0.25, -0.2) is 4.39 Å². The van der Waals surface area contributed by atoms with Crippen LogP contribution in [-0.4, -0.2) is 29.8 Å². The fourth-order valence-corrected chi connectivity index (χ4v) is 4.20. The largest absolute Gasteiger partial charge is 0.339 e. The Morgan fingerprint density at radius 3 is 2.41 bits per heavy atom. The first kappa shape index (κ1) is 19.3. The number of fused-ring (bicyclic) bond motifs is 1. The maximum Gasteiger partial charge on any atom is 0.267 e. The molecule has 0 spiro atoms. The Balaban J connectivity index is 1.78. The highest BCUT2D eigenvalue weighted by Crippen LogP contribution is 2.36. The minimum absolute atomic E-state index is 0.0487. The Morgan fingerprint density at radius 1 is 1.11 bits per heavy atom. The zero-order valence-corrected chi connectivity index (χ0v) is 16.5. The highest BCUT2D eigenvalue weighted by molar-refractivity contribution is 7.21. The maximum atomic E-state index is 13.4. The Bertz CT molecular complexity index is 997. The number of hydrogen-bond acceptors (Lipinski definition) is 3. The van der Waals surface area contributed by atoms with E-state index in [0.29, 0.717) is 44.3 Å². The second-order valence-corrected chi connectivity index (χ2v) is 7.32. The van der Waals surface area contributed by atoms with E-state index in [-0.39, 0.29) is 17.6 Å². The van der Waals surface area contributed by atoms with Crippen LogP contribution in [0.4, 0.5) is 10.1 Å². The van der Waals surface area contributed by atoms with Gasteiger partial charge in [0.2, 0.25) is 0 Å². The molecule has 0 fully saturated rings. The summed E-state index contributed by atoms with van der Waals surface area (Å²) in [6, 6.07) is 10.9. The lowest BCUT2D eigenvalue weighted by molar-refractivity contribution is 0.0773. The van der Waals surface area contributed by atoms with E-state index in [1.54, 1.807) is 35.2 Å². The maximum absolute atomic E-state index is 13.4. The van der Waals surface area contributed by atoms with Crippen molar-refractivity contribution < 1.29 is 14.0 Å². The molecule has 3 rings (SSSR count). The average molecular weight is 405 g/mol. The topological polar surface area (TPSA) is 49.4 Å². The van der Waals surface area contributed by atoms with Crippen LogP contribution in [0.5, 0.6) is 0 Å². The third-order valence-electron chi connectivity index (χ3n) is 4.24. The average Bonchev–Trinajstić information content (AvgIpc) is 2.99. The number of anilines is 1. The number of nitrogens with one attached hydrogen (secondary N) is 1. The lowest BCUT2D eigenvalue weighted by Crippen LogP contribution is -2.30. The number of halogens is 2. The molecule has 2 aromatic carbocycles. The first-order valence-corrected chi connectivity index (χ1v) is 9.72. The van der Waals surface area contributed by atoms with Crippen molar-refractivity contribution in [3.8, 4) is 0 Å². The van der Waals surface area contributed by atoms with Crippen LogP contribution in [0, 0.1) is 5.82 Å². The summed E-state index contributed by atoms with van der Waals surface area (Å²) >= 11 is 7.42. The lowest BCUT2D eigenvalue weighted by atomic mass is 10.1. The van der Waals surface area contributed by atoms with E-state index in [2.05, 4.69) is 5.32 Å². The van der Waals surface area contributed by atoms with Crippen LogP contribution < -0.4 is 5.32 Å². The van der Waals surface area contributed by atoms with Crippen LogP contribution in [0.2, 0.25) is 5.02 Å². The van der Waals surface area contributed by atoms with Crippen LogP contribution in [0.25, 0.3) is 10.1 Å². The van der Waals surface area contributed by atoms with Gasteiger partial charge in [0.25, 0.3) is 11.8 Å². The fourth-order valence-electron chi connectivity index (χ4n) is 2.76. The van der Waals surface area contributed by atoms with Crippen LogP contribution in [0.3, 0.4) is 0 Å². The Hall–Kier alpha value is -2.44. The van der Waals surface area contributed by atoms with Crippen molar-refractivity contribution in [2.45, 2.75) is 13.8 Å². The van der Waals surface area contributed by atoms with Crippen molar-refractivity contribution in [1.82, 2.24) is 4.90 Å². The van der Waals surface area contributed by atoms with Gasteiger partial charge in [-0.3, -0.25) is 9.59 Å². The molecule has 1 heterocycles. The number of amides is 2. The summed E-state index contributed by atoms with van der Waals surface area (Å²) < 4.78 is 14.0. The molecule has 0 aliphatic heterocycles. The van der Waals surface area contributed by atoms with Crippen molar-refractivity contribution in [3.05, 3.63) is 63.7 Å². The molecule has 1 N–H and O–H groups in total. The van der Waals surface area contributed by atoms with Crippen molar-refractivity contribution in [3.63, 3.8) is 0 Å². The summed E-state index contributed by atoms with van der Waals surface area (Å²) in [7, 11) is 0. The van der Waals surface area contributed by atoms with E-state index < -0.39 is 0 Å². The number of hydrogen-bond donors (Lipinski definition) is 1. The summed E-state index contributed by atoms with van der Waals surface area (Å²) in [5.74, 6) is -0.794. The van der Waals surface area contributed by atoms with Crippen LogP contribution in [0.1, 0.15) is 33.9 Å². The third-order valence-corrected chi connectivity index (χ3v) is 5.89. The number of carbonyl (C=O) groups excluding carboxylic acids is 2. The first-order valence-electron chi connectivity index (χ1n) is 8.52. The molecule has 27 heavy (non-hydrogen) atoms.